The molecule has 0 saturated carbocycles. The zero-order valence-electron chi connectivity index (χ0n) is 17.4. The number of nitrogens with zero attached hydrogens (tertiary/aromatic N) is 2. The minimum Gasteiger partial charge on any atom is -0.356 e. The molecule has 0 aliphatic rings. The molecule has 162 valence electrons. The summed E-state index contributed by atoms with van der Waals surface area (Å²) in [6, 6.07) is 13.9. The van der Waals surface area contributed by atoms with Crippen LogP contribution in [0.2, 0.25) is 0 Å². The van der Waals surface area contributed by atoms with E-state index in [9.17, 15) is 8.42 Å². The maximum atomic E-state index is 12.6. The van der Waals surface area contributed by atoms with Gasteiger partial charge in [-0.15, -0.1) is 35.3 Å². The first-order valence-electron chi connectivity index (χ1n) is 9.53. The summed E-state index contributed by atoms with van der Waals surface area (Å²) in [4.78, 5) is 5.30. The van der Waals surface area contributed by atoms with Crippen molar-refractivity contribution in [3.8, 4) is 0 Å². The van der Waals surface area contributed by atoms with Gasteiger partial charge in [0.05, 0.1) is 6.04 Å². The topological polar surface area (TPSA) is 73.8 Å². The Morgan fingerprint density at radius 2 is 1.79 bits per heavy atom. The van der Waals surface area contributed by atoms with Crippen LogP contribution in [0.3, 0.4) is 0 Å². The number of thiophene rings is 1. The molecule has 2 N–H and O–H groups in total. The Kier molecular flexibility index (Phi) is 11.2. The maximum Gasteiger partial charge on any atom is 0.252 e. The van der Waals surface area contributed by atoms with E-state index in [2.05, 4.69) is 34.7 Å². The third kappa shape index (κ3) is 7.23. The van der Waals surface area contributed by atoms with E-state index in [1.165, 1.54) is 21.2 Å². The third-order valence-electron chi connectivity index (χ3n) is 4.48. The van der Waals surface area contributed by atoms with Crippen LogP contribution in [0.5, 0.6) is 0 Å². The van der Waals surface area contributed by atoms with Crippen LogP contribution in [0.4, 0.5) is 0 Å². The van der Waals surface area contributed by atoms with Gasteiger partial charge in [-0.3, -0.25) is 4.99 Å². The zero-order chi connectivity index (χ0) is 20.6. The summed E-state index contributed by atoms with van der Waals surface area (Å²) in [5.74, 6) is 0.726. The molecule has 1 heterocycles. The van der Waals surface area contributed by atoms with E-state index >= 15 is 0 Å². The number of aliphatic imine (C=N–C) groups is 1. The predicted molar refractivity (Wildman–Crippen MR) is 133 cm³/mol. The molecule has 1 atom stereocenters. The highest BCUT2D eigenvalue weighted by Gasteiger charge is 2.23. The van der Waals surface area contributed by atoms with Crippen LogP contribution in [0.15, 0.2) is 51.7 Å². The van der Waals surface area contributed by atoms with Crippen LogP contribution in [-0.2, 0) is 16.4 Å². The van der Waals surface area contributed by atoms with Gasteiger partial charge in [0.15, 0.2) is 5.96 Å². The summed E-state index contributed by atoms with van der Waals surface area (Å²) >= 11 is 1.34. The largest absolute Gasteiger partial charge is 0.356 e. The van der Waals surface area contributed by atoms with Crippen LogP contribution in [0.25, 0.3) is 0 Å². The fourth-order valence-corrected chi connectivity index (χ4v) is 5.82. The quantitative estimate of drug-likeness (QED) is 0.283. The molecule has 0 aliphatic heterocycles. The highest BCUT2D eigenvalue weighted by molar-refractivity contribution is 14.0. The molecular weight excluding hydrogens is 519 g/mol. The fraction of sp³-hybridized carbons (Fsp3) is 0.450. The summed E-state index contributed by atoms with van der Waals surface area (Å²) in [7, 11) is -1.63. The molecule has 0 radical (unpaired) electrons. The van der Waals surface area contributed by atoms with Gasteiger partial charge in [0, 0.05) is 31.6 Å². The second-order valence-corrected chi connectivity index (χ2v) is 9.67. The molecule has 0 amide bonds. The molecule has 0 fully saturated rings. The lowest BCUT2D eigenvalue weighted by molar-refractivity contribution is 0.447. The van der Waals surface area contributed by atoms with Crippen LogP contribution in [0, 0.1) is 0 Å². The van der Waals surface area contributed by atoms with Crippen LogP contribution in [0.1, 0.15) is 37.3 Å². The van der Waals surface area contributed by atoms with Crippen LogP contribution in [-0.4, -0.2) is 45.4 Å². The summed E-state index contributed by atoms with van der Waals surface area (Å²) in [5, 5.41) is 6.67. The summed E-state index contributed by atoms with van der Waals surface area (Å²) in [6.07, 6.45) is 0.735. The average molecular weight is 551 g/mol. The lowest BCUT2D eigenvalue weighted by atomic mass is 10.1. The molecular formula is C20H31IN4O2S2. The second-order valence-electron chi connectivity index (χ2n) is 6.34. The van der Waals surface area contributed by atoms with E-state index in [0.29, 0.717) is 23.8 Å². The molecule has 1 unspecified atom stereocenters. The van der Waals surface area contributed by atoms with Gasteiger partial charge in [-0.2, -0.15) is 4.31 Å². The van der Waals surface area contributed by atoms with E-state index in [4.69, 9.17) is 0 Å². The molecule has 0 saturated heterocycles. The van der Waals surface area contributed by atoms with Gasteiger partial charge in [-0.05, 0) is 31.0 Å². The van der Waals surface area contributed by atoms with Crippen molar-refractivity contribution in [3.05, 3.63) is 52.9 Å². The summed E-state index contributed by atoms with van der Waals surface area (Å²) in [5.41, 5.74) is 1.19. The van der Waals surface area contributed by atoms with E-state index in [-0.39, 0.29) is 30.0 Å². The van der Waals surface area contributed by atoms with E-state index in [1.807, 2.05) is 38.1 Å². The maximum absolute atomic E-state index is 12.6. The van der Waals surface area contributed by atoms with Crippen molar-refractivity contribution in [1.29, 1.82) is 0 Å². The number of halogens is 1. The number of sulfonamides is 1. The number of hydrogen-bond acceptors (Lipinski definition) is 4. The minimum atomic E-state index is -3.38. The first-order valence-corrected chi connectivity index (χ1v) is 11.8. The molecule has 6 nitrogen and oxygen atoms in total. The first-order chi connectivity index (χ1) is 13.4. The normalized spacial score (nSPS) is 13.1. The van der Waals surface area contributed by atoms with Gasteiger partial charge >= 0.3 is 0 Å². The highest BCUT2D eigenvalue weighted by Crippen LogP contribution is 2.25. The Hall–Kier alpha value is -1.17. The van der Waals surface area contributed by atoms with Crippen molar-refractivity contribution in [3.63, 3.8) is 0 Å². The van der Waals surface area contributed by atoms with E-state index in [1.54, 1.807) is 13.1 Å². The Balaban J connectivity index is 0.00000420. The smallest absolute Gasteiger partial charge is 0.252 e. The Morgan fingerprint density at radius 1 is 1.14 bits per heavy atom. The zero-order valence-corrected chi connectivity index (χ0v) is 21.3. The van der Waals surface area contributed by atoms with Gasteiger partial charge in [0.25, 0.3) is 10.0 Å². The van der Waals surface area contributed by atoms with Gasteiger partial charge in [-0.1, -0.05) is 44.2 Å². The van der Waals surface area contributed by atoms with Crippen molar-refractivity contribution in [2.45, 2.75) is 37.4 Å². The van der Waals surface area contributed by atoms with E-state index < -0.39 is 10.0 Å². The molecule has 1 aromatic heterocycles. The highest BCUT2D eigenvalue weighted by atomic mass is 127. The van der Waals surface area contributed by atoms with Crippen molar-refractivity contribution in [2.75, 3.05) is 26.7 Å². The number of rotatable bonds is 9. The minimum absolute atomic E-state index is 0. The molecule has 2 aromatic rings. The number of guanidine groups is 1. The number of nitrogens with one attached hydrogen (secondary N) is 2. The standard InChI is InChI=1S/C20H30N4O2S2.HI/c1-5-24(6-2)28(25,26)19-13-12-18(27-19)14-15-22-20(21-4)23-16(3)17-10-8-7-9-11-17;/h7-13,16H,5-6,14-15H2,1-4H3,(H2,21,22,23);1H. The van der Waals surface area contributed by atoms with Gasteiger partial charge in [0.2, 0.25) is 0 Å². The third-order valence-corrected chi connectivity index (χ3v) is 8.14. The molecule has 29 heavy (non-hydrogen) atoms. The lowest BCUT2D eigenvalue weighted by Gasteiger charge is -2.18. The SMILES string of the molecule is CCN(CC)S(=O)(=O)c1ccc(CCNC(=NC)NC(C)c2ccccc2)s1.I. The van der Waals surface area contributed by atoms with Crippen LogP contribution >= 0.6 is 35.3 Å². The Bertz CT molecular complexity index is 866. The van der Waals surface area contributed by atoms with Gasteiger partial charge < -0.3 is 10.6 Å². The van der Waals surface area contributed by atoms with Gasteiger partial charge in [-0.25, -0.2) is 8.42 Å². The van der Waals surface area contributed by atoms with Crippen LogP contribution < -0.4 is 10.6 Å². The number of benzene rings is 1. The molecule has 0 bridgehead atoms. The van der Waals surface area contributed by atoms with Crippen molar-refractivity contribution >= 4 is 51.3 Å². The van der Waals surface area contributed by atoms with Crippen molar-refractivity contribution in [2.24, 2.45) is 4.99 Å². The second kappa shape index (κ2) is 12.5. The monoisotopic (exact) mass is 550 g/mol. The average Bonchev–Trinajstić information content (AvgIpc) is 3.18. The first kappa shape index (κ1) is 25.9. The molecule has 9 heteroatoms. The van der Waals surface area contributed by atoms with E-state index in [0.717, 1.165) is 17.3 Å². The predicted octanol–water partition coefficient (Wildman–Crippen LogP) is 3.87. The number of hydrogen-bond donors (Lipinski definition) is 2. The molecule has 2 rings (SSSR count). The van der Waals surface area contributed by atoms with Gasteiger partial charge in [0.1, 0.15) is 4.21 Å². The lowest BCUT2D eigenvalue weighted by Crippen LogP contribution is -2.39. The molecule has 0 spiro atoms. The van der Waals surface area contributed by atoms with Crippen molar-refractivity contribution in [1.82, 2.24) is 14.9 Å². The summed E-state index contributed by atoms with van der Waals surface area (Å²) < 4.78 is 27.1. The Morgan fingerprint density at radius 3 is 2.38 bits per heavy atom. The van der Waals surface area contributed by atoms with Crippen molar-refractivity contribution < 1.29 is 8.42 Å². The fourth-order valence-electron chi connectivity index (χ4n) is 2.85. The molecule has 1 aromatic carbocycles. The molecule has 0 aliphatic carbocycles. The Labute approximate surface area is 195 Å². The summed E-state index contributed by atoms with van der Waals surface area (Å²) in [6.45, 7) is 7.44.